The van der Waals surface area contributed by atoms with Gasteiger partial charge in [0, 0.05) is 22.8 Å². The summed E-state index contributed by atoms with van der Waals surface area (Å²) in [5.41, 5.74) is 5.98. The van der Waals surface area contributed by atoms with Gasteiger partial charge in [0.05, 0.1) is 0 Å². The van der Waals surface area contributed by atoms with E-state index < -0.39 is 5.91 Å². The molecule has 0 saturated carbocycles. The number of para-hydroxylation sites is 1. The third kappa shape index (κ3) is 4.47. The van der Waals surface area contributed by atoms with Gasteiger partial charge in [-0.15, -0.1) is 0 Å². The smallest absolute Gasteiger partial charge is 0.266 e. The van der Waals surface area contributed by atoms with Crippen LogP contribution in [-0.2, 0) is 4.79 Å². The molecule has 2 aromatic carbocycles. The van der Waals surface area contributed by atoms with E-state index in [1.807, 2.05) is 44.2 Å². The van der Waals surface area contributed by atoms with Crippen LogP contribution in [0.5, 0.6) is 0 Å². The minimum Gasteiger partial charge on any atom is -0.321 e. The number of nitriles is 1. The second-order valence-corrected chi connectivity index (χ2v) is 7.40. The summed E-state index contributed by atoms with van der Waals surface area (Å²) < 4.78 is 2.14. The number of carbonyl (C=O) groups excluding carboxylic acids is 1. The van der Waals surface area contributed by atoms with E-state index in [2.05, 4.69) is 48.0 Å². The number of hydrogen-bond donors (Lipinski definition) is 1. The molecule has 146 valence electrons. The molecular weight excluding hydrogens is 358 g/mol. The minimum atomic E-state index is -0.412. The topological polar surface area (TPSA) is 57.8 Å². The van der Waals surface area contributed by atoms with Gasteiger partial charge < -0.3 is 9.88 Å². The molecule has 1 N–H and O–H groups in total. The molecule has 0 unspecified atom stereocenters. The number of carbonyl (C=O) groups is 1. The van der Waals surface area contributed by atoms with Crippen LogP contribution in [0.4, 0.5) is 5.69 Å². The molecule has 4 nitrogen and oxygen atoms in total. The monoisotopic (exact) mass is 383 g/mol. The number of aromatic nitrogens is 1. The number of nitrogens with zero attached hydrogens (tertiary/aromatic N) is 2. The first-order valence-corrected chi connectivity index (χ1v) is 9.68. The van der Waals surface area contributed by atoms with Gasteiger partial charge in [-0.2, -0.15) is 5.26 Å². The first kappa shape index (κ1) is 20.2. The quantitative estimate of drug-likeness (QED) is 0.449. The van der Waals surface area contributed by atoms with Crippen LogP contribution in [0.1, 0.15) is 42.3 Å². The Morgan fingerprint density at radius 1 is 1.07 bits per heavy atom. The minimum absolute atomic E-state index is 0.0734. The molecule has 0 aliphatic heterocycles. The zero-order valence-electron chi connectivity index (χ0n) is 17.2. The van der Waals surface area contributed by atoms with Crippen LogP contribution < -0.4 is 5.32 Å². The number of anilines is 1. The highest BCUT2D eigenvalue weighted by Gasteiger charge is 2.14. The van der Waals surface area contributed by atoms with Crippen molar-refractivity contribution in [2.75, 3.05) is 5.32 Å². The van der Waals surface area contributed by atoms with Crippen LogP contribution >= 0.6 is 0 Å². The molecule has 1 heterocycles. The van der Waals surface area contributed by atoms with Crippen LogP contribution in [0, 0.1) is 25.2 Å². The van der Waals surface area contributed by atoms with Gasteiger partial charge in [-0.3, -0.25) is 4.79 Å². The summed E-state index contributed by atoms with van der Waals surface area (Å²) >= 11 is 0. The van der Waals surface area contributed by atoms with Crippen LogP contribution in [0.2, 0.25) is 0 Å². The van der Waals surface area contributed by atoms with E-state index in [9.17, 15) is 10.1 Å². The maximum Gasteiger partial charge on any atom is 0.266 e. The van der Waals surface area contributed by atoms with Gasteiger partial charge in [0.2, 0.25) is 0 Å². The molecule has 0 fully saturated rings. The van der Waals surface area contributed by atoms with Gasteiger partial charge in [0.25, 0.3) is 5.91 Å². The molecule has 3 rings (SSSR count). The molecule has 0 spiro atoms. The summed E-state index contributed by atoms with van der Waals surface area (Å²) in [6.07, 6.45) is 1.65. The van der Waals surface area contributed by atoms with E-state index in [0.717, 1.165) is 22.6 Å². The van der Waals surface area contributed by atoms with Crippen molar-refractivity contribution in [3.05, 3.63) is 88.8 Å². The Labute approximate surface area is 172 Å². The molecule has 0 saturated heterocycles. The molecule has 0 aliphatic rings. The Bertz CT molecular complexity index is 1080. The lowest BCUT2D eigenvalue weighted by Crippen LogP contribution is -2.13. The number of aryl methyl sites for hydroxylation is 1. The molecule has 0 aliphatic carbocycles. The Morgan fingerprint density at radius 3 is 2.31 bits per heavy atom. The fourth-order valence-corrected chi connectivity index (χ4v) is 3.36. The molecular formula is C25H25N3O. The van der Waals surface area contributed by atoms with Gasteiger partial charge >= 0.3 is 0 Å². The van der Waals surface area contributed by atoms with Crippen LogP contribution in [-0.4, -0.2) is 10.5 Å². The largest absolute Gasteiger partial charge is 0.321 e. The van der Waals surface area contributed by atoms with Gasteiger partial charge in [0.15, 0.2) is 0 Å². The normalized spacial score (nSPS) is 11.4. The average molecular weight is 383 g/mol. The molecule has 0 radical (unpaired) electrons. The SMILES string of the molecule is Cc1cc(/C=C(\C#N)C(=O)Nc2ccccc2)c(C)n1-c1ccc(C(C)C)cc1. The number of benzene rings is 2. The number of amides is 1. The Balaban J connectivity index is 1.92. The van der Waals surface area contributed by atoms with E-state index in [4.69, 9.17) is 0 Å². The average Bonchev–Trinajstić information content (AvgIpc) is 2.99. The second kappa shape index (κ2) is 8.62. The summed E-state index contributed by atoms with van der Waals surface area (Å²) in [6.45, 7) is 8.37. The van der Waals surface area contributed by atoms with Gasteiger partial charge in [-0.05, 0) is 67.3 Å². The lowest BCUT2D eigenvalue weighted by Gasteiger charge is -2.12. The predicted molar refractivity (Wildman–Crippen MR) is 118 cm³/mol. The number of hydrogen-bond acceptors (Lipinski definition) is 2. The van der Waals surface area contributed by atoms with E-state index >= 15 is 0 Å². The van der Waals surface area contributed by atoms with Crippen molar-refractivity contribution in [1.82, 2.24) is 4.57 Å². The molecule has 29 heavy (non-hydrogen) atoms. The third-order valence-corrected chi connectivity index (χ3v) is 4.98. The van der Waals surface area contributed by atoms with Crippen molar-refractivity contribution >= 4 is 17.7 Å². The lowest BCUT2D eigenvalue weighted by atomic mass is 10.0. The van der Waals surface area contributed by atoms with E-state index in [-0.39, 0.29) is 5.57 Å². The molecule has 1 aromatic heterocycles. The maximum absolute atomic E-state index is 12.5. The van der Waals surface area contributed by atoms with Crippen molar-refractivity contribution in [2.24, 2.45) is 0 Å². The van der Waals surface area contributed by atoms with Crippen molar-refractivity contribution in [3.63, 3.8) is 0 Å². The molecule has 0 atom stereocenters. The van der Waals surface area contributed by atoms with Gasteiger partial charge in [0.1, 0.15) is 11.6 Å². The molecule has 0 bridgehead atoms. The van der Waals surface area contributed by atoms with Crippen molar-refractivity contribution < 1.29 is 4.79 Å². The summed E-state index contributed by atoms with van der Waals surface area (Å²) in [6, 6.07) is 21.7. The Kier molecular flexibility index (Phi) is 5.99. The highest BCUT2D eigenvalue weighted by Crippen LogP contribution is 2.24. The fraction of sp³-hybridized carbons (Fsp3) is 0.200. The fourth-order valence-electron chi connectivity index (χ4n) is 3.36. The van der Waals surface area contributed by atoms with Crippen molar-refractivity contribution in [1.29, 1.82) is 5.26 Å². The molecule has 3 aromatic rings. The molecule has 4 heteroatoms. The third-order valence-electron chi connectivity index (χ3n) is 4.98. The highest BCUT2D eigenvalue weighted by atomic mass is 16.1. The summed E-state index contributed by atoms with van der Waals surface area (Å²) in [5.74, 6) is 0.0699. The van der Waals surface area contributed by atoms with Crippen molar-refractivity contribution in [2.45, 2.75) is 33.6 Å². The van der Waals surface area contributed by atoms with Crippen molar-refractivity contribution in [3.8, 4) is 11.8 Å². The summed E-state index contributed by atoms with van der Waals surface area (Å²) in [5, 5.41) is 12.3. The van der Waals surface area contributed by atoms with E-state index in [1.54, 1.807) is 18.2 Å². The zero-order valence-corrected chi connectivity index (χ0v) is 17.2. The number of rotatable bonds is 5. The summed E-state index contributed by atoms with van der Waals surface area (Å²) in [4.78, 5) is 12.5. The Morgan fingerprint density at radius 2 is 1.72 bits per heavy atom. The first-order chi connectivity index (χ1) is 13.9. The lowest BCUT2D eigenvalue weighted by molar-refractivity contribution is -0.112. The maximum atomic E-state index is 12.5. The summed E-state index contributed by atoms with van der Waals surface area (Å²) in [7, 11) is 0. The number of nitrogens with one attached hydrogen (secondary N) is 1. The van der Waals surface area contributed by atoms with E-state index in [0.29, 0.717) is 11.6 Å². The second-order valence-electron chi connectivity index (χ2n) is 7.40. The zero-order chi connectivity index (χ0) is 21.0. The van der Waals surface area contributed by atoms with Gasteiger partial charge in [-0.25, -0.2) is 0 Å². The van der Waals surface area contributed by atoms with Gasteiger partial charge in [-0.1, -0.05) is 44.2 Å². The first-order valence-electron chi connectivity index (χ1n) is 9.68. The highest BCUT2D eigenvalue weighted by molar-refractivity contribution is 6.09. The molecule has 1 amide bonds. The Hall–Kier alpha value is -3.58. The predicted octanol–water partition coefficient (Wildman–Crippen LogP) is 5.76. The van der Waals surface area contributed by atoms with Crippen LogP contribution in [0.15, 0.2) is 66.2 Å². The van der Waals surface area contributed by atoms with E-state index in [1.165, 1.54) is 5.56 Å². The van der Waals surface area contributed by atoms with Crippen LogP contribution in [0.3, 0.4) is 0 Å². The van der Waals surface area contributed by atoms with Crippen LogP contribution in [0.25, 0.3) is 11.8 Å². The standard InChI is InChI=1S/C25H25N3O/c1-17(2)20-10-12-24(13-11-20)28-18(3)14-21(19(28)4)15-22(16-26)25(29)27-23-8-6-5-7-9-23/h5-15,17H,1-4H3,(H,27,29)/b22-15+.